The third-order valence-electron chi connectivity index (χ3n) is 13.0. The maximum atomic E-state index is 14.3. The number of methoxy groups -OCH3 is 1. The van der Waals surface area contributed by atoms with E-state index in [0.717, 1.165) is 51.4 Å². The highest BCUT2D eigenvalue weighted by Crippen LogP contribution is 2.74. The molecule has 0 N–H and O–H groups in total. The summed E-state index contributed by atoms with van der Waals surface area (Å²) in [4.78, 5) is 40.0. The van der Waals surface area contributed by atoms with Crippen LogP contribution in [-0.2, 0) is 19.1 Å². The molecule has 0 bridgehead atoms. The van der Waals surface area contributed by atoms with Gasteiger partial charge in [-0.05, 0) is 97.9 Å². The zero-order valence-electron chi connectivity index (χ0n) is 23.3. The minimum absolute atomic E-state index is 0.0577. The van der Waals surface area contributed by atoms with Gasteiger partial charge in [0.1, 0.15) is 5.78 Å². The van der Waals surface area contributed by atoms with Crippen molar-refractivity contribution >= 4 is 17.5 Å². The predicted molar refractivity (Wildman–Crippen MR) is 136 cm³/mol. The maximum absolute atomic E-state index is 14.3. The first-order valence-electron chi connectivity index (χ1n) is 14.0. The van der Waals surface area contributed by atoms with Crippen molar-refractivity contribution in [3.05, 3.63) is 11.6 Å². The molecule has 194 valence electrons. The van der Waals surface area contributed by atoms with E-state index in [9.17, 15) is 14.4 Å². The summed E-state index contributed by atoms with van der Waals surface area (Å²) in [6, 6.07) is 0. The first kappa shape index (κ1) is 25.2. The highest BCUT2D eigenvalue weighted by Gasteiger charge is 2.69. The minimum Gasteiger partial charge on any atom is -0.469 e. The monoisotopic (exact) mass is 482 g/mol. The Hall–Kier alpha value is -1.45. The second kappa shape index (κ2) is 7.32. The van der Waals surface area contributed by atoms with Gasteiger partial charge >= 0.3 is 5.97 Å². The third kappa shape index (κ3) is 3.00. The van der Waals surface area contributed by atoms with Crippen molar-refractivity contribution in [2.24, 2.45) is 50.2 Å². The van der Waals surface area contributed by atoms with Crippen LogP contribution in [0, 0.1) is 50.2 Å². The van der Waals surface area contributed by atoms with E-state index < -0.39 is 5.41 Å². The molecule has 0 aliphatic heterocycles. The lowest BCUT2D eigenvalue weighted by atomic mass is 9.34. The first-order valence-corrected chi connectivity index (χ1v) is 14.0. The number of Topliss-reactive ketones (excluding diaryl/α,β-unsaturated/α-hetero) is 1. The Kier molecular flexibility index (Phi) is 5.27. The van der Waals surface area contributed by atoms with Crippen molar-refractivity contribution < 1.29 is 19.1 Å². The molecule has 5 aliphatic carbocycles. The van der Waals surface area contributed by atoms with Crippen molar-refractivity contribution in [2.45, 2.75) is 106 Å². The van der Waals surface area contributed by atoms with Crippen LogP contribution in [0.15, 0.2) is 11.6 Å². The molecule has 0 aromatic carbocycles. The van der Waals surface area contributed by atoms with Crippen molar-refractivity contribution in [1.29, 1.82) is 0 Å². The van der Waals surface area contributed by atoms with Crippen LogP contribution in [0.25, 0.3) is 0 Å². The number of hydrogen-bond donors (Lipinski definition) is 0. The van der Waals surface area contributed by atoms with Crippen LogP contribution in [0.1, 0.15) is 106 Å². The standard InChI is InChI=1S/C31H46O4/c1-26(2)21-9-12-30(6)22(29(21,5)11-10-23(26)33)17-20(32)24-19-18-28(4,25(34)35-8)14-13-27(19,3)15-16-31(24,30)7/h17,19,21,24H,9-16,18H2,1-8H3. The Morgan fingerprint density at radius 1 is 0.914 bits per heavy atom. The van der Waals surface area contributed by atoms with E-state index in [1.165, 1.54) is 12.7 Å². The smallest absolute Gasteiger partial charge is 0.311 e. The number of ketones is 2. The molecule has 0 aromatic heterocycles. The SMILES string of the molecule is COC(=O)C1(C)CCC2(C)CCC3(C)C(C(=O)C=C4C5(C)CCC(=O)C(C)(C)C5CCC43C)C2C1. The number of esters is 1. The Labute approximate surface area is 212 Å². The van der Waals surface area contributed by atoms with E-state index in [2.05, 4.69) is 47.6 Å². The molecule has 0 radical (unpaired) electrons. The van der Waals surface area contributed by atoms with Crippen LogP contribution in [0.4, 0.5) is 0 Å². The van der Waals surface area contributed by atoms with Gasteiger partial charge in [-0.3, -0.25) is 14.4 Å². The highest BCUT2D eigenvalue weighted by atomic mass is 16.5. The summed E-state index contributed by atoms with van der Waals surface area (Å²) in [5, 5.41) is 0. The fourth-order valence-corrected chi connectivity index (χ4v) is 10.3. The van der Waals surface area contributed by atoms with E-state index in [1.807, 2.05) is 6.92 Å². The number of ether oxygens (including phenoxy) is 1. The van der Waals surface area contributed by atoms with Gasteiger partial charge in [-0.25, -0.2) is 0 Å². The Morgan fingerprint density at radius 2 is 1.57 bits per heavy atom. The molecule has 5 rings (SSSR count). The van der Waals surface area contributed by atoms with Gasteiger partial charge in [0.15, 0.2) is 5.78 Å². The molecule has 0 heterocycles. The van der Waals surface area contributed by atoms with Gasteiger partial charge in [0, 0.05) is 17.8 Å². The van der Waals surface area contributed by atoms with Crippen molar-refractivity contribution in [2.75, 3.05) is 7.11 Å². The Morgan fingerprint density at radius 3 is 2.23 bits per heavy atom. The predicted octanol–water partition coefficient (Wildman–Crippen LogP) is 6.71. The number of hydrogen-bond acceptors (Lipinski definition) is 4. The van der Waals surface area contributed by atoms with Crippen LogP contribution in [0.5, 0.6) is 0 Å². The van der Waals surface area contributed by atoms with Crippen molar-refractivity contribution in [3.8, 4) is 0 Å². The average Bonchev–Trinajstić information content (AvgIpc) is 2.79. The lowest BCUT2D eigenvalue weighted by molar-refractivity contribution is -0.182. The summed E-state index contributed by atoms with van der Waals surface area (Å²) in [5.41, 5.74) is 0.268. The Bertz CT molecular complexity index is 1020. The van der Waals surface area contributed by atoms with Crippen LogP contribution < -0.4 is 0 Å². The average molecular weight is 483 g/mol. The van der Waals surface area contributed by atoms with Crippen molar-refractivity contribution in [1.82, 2.24) is 0 Å². The fourth-order valence-electron chi connectivity index (χ4n) is 10.3. The summed E-state index contributed by atoms with van der Waals surface area (Å²) >= 11 is 0. The molecule has 35 heavy (non-hydrogen) atoms. The molecule has 4 nitrogen and oxygen atoms in total. The van der Waals surface area contributed by atoms with Crippen LogP contribution in [0.2, 0.25) is 0 Å². The lowest BCUT2D eigenvalue weighted by Gasteiger charge is -2.69. The van der Waals surface area contributed by atoms with E-state index in [4.69, 9.17) is 4.74 Å². The highest BCUT2D eigenvalue weighted by molar-refractivity contribution is 5.96. The molecule has 4 saturated carbocycles. The normalized spacial score (nSPS) is 50.7. The van der Waals surface area contributed by atoms with E-state index in [-0.39, 0.29) is 56.6 Å². The molecule has 4 fully saturated rings. The summed E-state index contributed by atoms with van der Waals surface area (Å²) < 4.78 is 5.24. The molecular formula is C31H46O4. The fraction of sp³-hybridized carbons (Fsp3) is 0.839. The largest absolute Gasteiger partial charge is 0.469 e. The van der Waals surface area contributed by atoms with Gasteiger partial charge < -0.3 is 4.74 Å². The molecule has 4 heteroatoms. The van der Waals surface area contributed by atoms with Gasteiger partial charge in [-0.2, -0.15) is 0 Å². The molecule has 8 atom stereocenters. The van der Waals surface area contributed by atoms with Gasteiger partial charge in [-0.15, -0.1) is 0 Å². The minimum atomic E-state index is -0.514. The summed E-state index contributed by atoms with van der Waals surface area (Å²) in [7, 11) is 1.49. The second-order valence-electron chi connectivity index (χ2n) is 14.9. The lowest BCUT2D eigenvalue weighted by Crippen LogP contribution is -2.65. The van der Waals surface area contributed by atoms with Gasteiger partial charge in [-0.1, -0.05) is 47.1 Å². The second-order valence-corrected chi connectivity index (χ2v) is 14.9. The number of carbonyl (C=O) groups excluding carboxylic acids is 3. The summed E-state index contributed by atoms with van der Waals surface area (Å²) in [6.07, 6.45) is 10.3. The first-order chi connectivity index (χ1) is 16.1. The molecule has 0 saturated heterocycles. The van der Waals surface area contributed by atoms with Crippen LogP contribution in [-0.4, -0.2) is 24.6 Å². The third-order valence-corrected chi connectivity index (χ3v) is 13.0. The molecule has 0 aromatic rings. The maximum Gasteiger partial charge on any atom is 0.311 e. The number of carbonyl (C=O) groups is 3. The topological polar surface area (TPSA) is 60.4 Å². The van der Waals surface area contributed by atoms with Crippen LogP contribution in [0.3, 0.4) is 0 Å². The number of allylic oxidation sites excluding steroid dienone is 2. The summed E-state index contributed by atoms with van der Waals surface area (Å²) in [5.74, 6) is 0.956. The molecule has 0 spiro atoms. The molecule has 8 unspecified atom stereocenters. The zero-order chi connectivity index (χ0) is 25.8. The van der Waals surface area contributed by atoms with Gasteiger partial charge in [0.05, 0.1) is 12.5 Å². The van der Waals surface area contributed by atoms with Gasteiger partial charge in [0.25, 0.3) is 0 Å². The zero-order valence-corrected chi connectivity index (χ0v) is 23.3. The molecule has 0 amide bonds. The quantitative estimate of drug-likeness (QED) is 0.390. The van der Waals surface area contributed by atoms with Gasteiger partial charge in [0.2, 0.25) is 0 Å². The van der Waals surface area contributed by atoms with E-state index in [0.29, 0.717) is 12.2 Å². The number of rotatable bonds is 1. The van der Waals surface area contributed by atoms with E-state index in [1.54, 1.807) is 0 Å². The molecule has 5 aliphatic rings. The summed E-state index contributed by atoms with van der Waals surface area (Å²) in [6.45, 7) is 15.9. The molecular weight excluding hydrogens is 436 g/mol. The van der Waals surface area contributed by atoms with Crippen LogP contribution >= 0.6 is 0 Å². The number of fused-ring (bicyclic) bond motifs is 7. The Balaban J connectivity index is 1.61. The van der Waals surface area contributed by atoms with Crippen molar-refractivity contribution in [3.63, 3.8) is 0 Å². The van der Waals surface area contributed by atoms with E-state index >= 15 is 0 Å².